The van der Waals surface area contributed by atoms with Crippen molar-refractivity contribution in [1.29, 1.82) is 0 Å². The number of pyridine rings is 1. The molecule has 0 bridgehead atoms. The normalized spacial score (nSPS) is 14.6. The number of hydrogen-bond donors (Lipinski definition) is 3. The van der Waals surface area contributed by atoms with Gasteiger partial charge in [0.2, 0.25) is 12.3 Å². The summed E-state index contributed by atoms with van der Waals surface area (Å²) in [6.45, 7) is 6.92. The third-order valence-corrected chi connectivity index (χ3v) is 5.70. The maximum atomic E-state index is 11.5. The van der Waals surface area contributed by atoms with Crippen LogP contribution in [-0.2, 0) is 10.3 Å². The number of rotatable bonds is 6. The topological polar surface area (TPSA) is 92.4 Å². The van der Waals surface area contributed by atoms with E-state index < -0.39 is 11.9 Å². The van der Waals surface area contributed by atoms with E-state index in [4.69, 9.17) is 16.3 Å². The summed E-state index contributed by atoms with van der Waals surface area (Å²) >= 11 is 6.48. The number of aromatic nitrogens is 1. The van der Waals surface area contributed by atoms with Crippen molar-refractivity contribution < 1.29 is 14.3 Å². The second kappa shape index (κ2) is 8.75. The Morgan fingerprint density at radius 1 is 1.03 bits per heavy atom. The van der Waals surface area contributed by atoms with Crippen molar-refractivity contribution in [1.82, 2.24) is 10.3 Å². The van der Waals surface area contributed by atoms with Crippen molar-refractivity contribution in [3.8, 4) is 17.0 Å². The third kappa shape index (κ3) is 4.93. The molecule has 0 aliphatic carbocycles. The number of benzene rings is 2. The highest BCUT2D eigenvalue weighted by Crippen LogP contribution is 2.36. The lowest BCUT2D eigenvalue weighted by atomic mass is 9.94. The molecule has 1 aromatic heterocycles. The predicted molar refractivity (Wildman–Crippen MR) is 130 cm³/mol. The summed E-state index contributed by atoms with van der Waals surface area (Å²) in [5.74, 6) is 1.20. The summed E-state index contributed by atoms with van der Waals surface area (Å²) in [7, 11) is 0. The van der Waals surface area contributed by atoms with E-state index in [1.807, 2.05) is 50.2 Å². The van der Waals surface area contributed by atoms with Crippen LogP contribution < -0.4 is 20.7 Å². The van der Waals surface area contributed by atoms with Crippen molar-refractivity contribution in [3.63, 3.8) is 0 Å². The number of hydrogen-bond acceptors (Lipinski definition) is 6. The first-order valence-corrected chi connectivity index (χ1v) is 10.9. The van der Waals surface area contributed by atoms with Crippen LogP contribution in [0.1, 0.15) is 43.6 Å². The first-order valence-electron chi connectivity index (χ1n) is 10.5. The number of anilines is 2. The molecule has 1 aliphatic heterocycles. The molecule has 170 valence electrons. The van der Waals surface area contributed by atoms with Crippen molar-refractivity contribution in [2.75, 3.05) is 10.6 Å². The highest BCUT2D eigenvalue weighted by atomic mass is 35.5. The van der Waals surface area contributed by atoms with Crippen LogP contribution in [0.3, 0.4) is 0 Å². The molecule has 0 fully saturated rings. The van der Waals surface area contributed by atoms with E-state index in [1.54, 1.807) is 18.2 Å². The van der Waals surface area contributed by atoms with Gasteiger partial charge in [-0.05, 0) is 44.5 Å². The van der Waals surface area contributed by atoms with Crippen molar-refractivity contribution in [2.24, 2.45) is 0 Å². The van der Waals surface area contributed by atoms with Gasteiger partial charge in [0.15, 0.2) is 11.6 Å². The Balaban J connectivity index is 1.47. The number of Topliss-reactive ketones (excluding diaryl/α,β-unsaturated/α-hetero) is 1. The van der Waals surface area contributed by atoms with E-state index in [-0.39, 0.29) is 11.7 Å². The van der Waals surface area contributed by atoms with E-state index in [0.29, 0.717) is 27.8 Å². The molecule has 0 spiro atoms. The number of nitrogens with one attached hydrogen (secondary N) is 3. The minimum Gasteiger partial charge on any atom is -0.452 e. The molecule has 3 aromatic rings. The van der Waals surface area contributed by atoms with Crippen LogP contribution in [0.2, 0.25) is 5.02 Å². The number of fused-ring (bicyclic) bond motifs is 1. The Hall–Kier alpha value is -3.58. The molecular formula is C25H25ClN4O3. The summed E-state index contributed by atoms with van der Waals surface area (Å²) < 4.78 is 6.00. The van der Waals surface area contributed by atoms with E-state index in [0.717, 1.165) is 16.8 Å². The van der Waals surface area contributed by atoms with Crippen LogP contribution in [0, 0.1) is 0 Å². The van der Waals surface area contributed by atoms with Gasteiger partial charge < -0.3 is 20.7 Å². The molecule has 4 rings (SSSR count). The monoisotopic (exact) mass is 464 g/mol. The largest absolute Gasteiger partial charge is 0.452 e. The van der Waals surface area contributed by atoms with Gasteiger partial charge in [-0.2, -0.15) is 0 Å². The SMILES string of the molecule is CC(=O)NC(C)(C)c1ccc(OC2Nc3cc(Cl)c(-c4ccc(C(C)=O)cc4)nc3N2)cc1. The maximum absolute atomic E-state index is 11.5. The highest BCUT2D eigenvalue weighted by molar-refractivity contribution is 6.33. The summed E-state index contributed by atoms with van der Waals surface area (Å²) in [6.07, 6.45) is -0.520. The maximum Gasteiger partial charge on any atom is 0.249 e. The molecule has 33 heavy (non-hydrogen) atoms. The lowest BCUT2D eigenvalue weighted by Gasteiger charge is -2.26. The molecular weight excluding hydrogens is 440 g/mol. The van der Waals surface area contributed by atoms with Gasteiger partial charge in [-0.15, -0.1) is 0 Å². The average molecular weight is 465 g/mol. The molecule has 2 heterocycles. The fourth-order valence-electron chi connectivity index (χ4n) is 3.73. The Bertz CT molecular complexity index is 1210. The van der Waals surface area contributed by atoms with Crippen LogP contribution in [0.25, 0.3) is 11.3 Å². The zero-order valence-corrected chi connectivity index (χ0v) is 19.6. The second-order valence-corrected chi connectivity index (χ2v) is 8.87. The van der Waals surface area contributed by atoms with Gasteiger partial charge in [0.1, 0.15) is 5.75 Å². The molecule has 1 aliphatic rings. The lowest BCUT2D eigenvalue weighted by molar-refractivity contribution is -0.120. The van der Waals surface area contributed by atoms with Gasteiger partial charge in [0, 0.05) is 18.1 Å². The first kappa shape index (κ1) is 22.6. The number of ether oxygens (including phenoxy) is 1. The molecule has 0 saturated heterocycles. The Labute approximate surface area is 197 Å². The summed E-state index contributed by atoms with van der Waals surface area (Å²) in [4.78, 5) is 27.6. The third-order valence-electron chi connectivity index (χ3n) is 5.41. The molecule has 1 atom stereocenters. The van der Waals surface area contributed by atoms with Crippen LogP contribution in [-0.4, -0.2) is 23.0 Å². The smallest absolute Gasteiger partial charge is 0.249 e. The number of nitrogens with zero attached hydrogens (tertiary/aromatic N) is 1. The number of carbonyl (C=O) groups excluding carboxylic acids is 2. The second-order valence-electron chi connectivity index (χ2n) is 8.47. The van der Waals surface area contributed by atoms with Gasteiger partial charge >= 0.3 is 0 Å². The molecule has 1 unspecified atom stereocenters. The minimum absolute atomic E-state index is 0.00660. The lowest BCUT2D eigenvalue weighted by Crippen LogP contribution is -2.39. The number of carbonyl (C=O) groups is 2. The zero-order chi connectivity index (χ0) is 23.8. The molecule has 8 heteroatoms. The molecule has 0 radical (unpaired) electrons. The van der Waals surface area contributed by atoms with Crippen LogP contribution in [0.15, 0.2) is 54.6 Å². The summed E-state index contributed by atoms with van der Waals surface area (Å²) in [5.41, 5.74) is 3.29. The molecule has 0 saturated carbocycles. The Kier molecular flexibility index (Phi) is 5.99. The Morgan fingerprint density at radius 2 is 1.70 bits per heavy atom. The minimum atomic E-state index is -0.520. The van der Waals surface area contributed by atoms with E-state index in [2.05, 4.69) is 20.9 Å². The Morgan fingerprint density at radius 3 is 2.30 bits per heavy atom. The van der Waals surface area contributed by atoms with Gasteiger partial charge in [-0.25, -0.2) is 4.98 Å². The van der Waals surface area contributed by atoms with Gasteiger partial charge in [0.05, 0.1) is 21.9 Å². The van der Waals surface area contributed by atoms with Crippen LogP contribution in [0.5, 0.6) is 5.75 Å². The fraction of sp³-hybridized carbons (Fsp3) is 0.240. The number of amides is 1. The number of halogens is 1. The van der Waals surface area contributed by atoms with Gasteiger partial charge in [-0.1, -0.05) is 48.0 Å². The predicted octanol–water partition coefficient (Wildman–Crippen LogP) is 5.18. The van der Waals surface area contributed by atoms with Crippen molar-refractivity contribution in [2.45, 2.75) is 39.6 Å². The summed E-state index contributed by atoms with van der Waals surface area (Å²) in [6, 6.07) is 16.5. The van der Waals surface area contributed by atoms with Gasteiger partial charge in [0.25, 0.3) is 0 Å². The molecule has 7 nitrogen and oxygen atoms in total. The molecule has 2 aromatic carbocycles. The van der Waals surface area contributed by atoms with E-state index >= 15 is 0 Å². The van der Waals surface area contributed by atoms with Crippen LogP contribution in [0.4, 0.5) is 11.5 Å². The van der Waals surface area contributed by atoms with Gasteiger partial charge in [-0.3, -0.25) is 9.59 Å². The molecule has 3 N–H and O–H groups in total. The van der Waals surface area contributed by atoms with E-state index in [1.165, 1.54) is 13.8 Å². The van der Waals surface area contributed by atoms with E-state index in [9.17, 15) is 9.59 Å². The van der Waals surface area contributed by atoms with Crippen LogP contribution >= 0.6 is 11.6 Å². The van der Waals surface area contributed by atoms with Crippen molar-refractivity contribution in [3.05, 3.63) is 70.7 Å². The highest BCUT2D eigenvalue weighted by Gasteiger charge is 2.25. The van der Waals surface area contributed by atoms with Crippen molar-refractivity contribution >= 4 is 34.8 Å². The molecule has 1 amide bonds. The average Bonchev–Trinajstić information content (AvgIpc) is 3.13. The fourth-order valence-corrected chi connectivity index (χ4v) is 3.99. The number of ketones is 1. The zero-order valence-electron chi connectivity index (χ0n) is 18.8. The quantitative estimate of drug-likeness (QED) is 0.435. The summed E-state index contributed by atoms with van der Waals surface area (Å²) in [5, 5.41) is 9.84. The standard InChI is InChI=1S/C25H25ClN4O3/c1-14(31)16-5-7-17(8-6-16)22-20(26)13-21-23(28-22)29-24(27-21)33-19-11-9-18(10-12-19)25(3,4)30-15(2)32/h5-13,24,27H,1-4H3,(H,28,29)(H,30,32). The first-order chi connectivity index (χ1) is 15.6.